The molecular formula is C20H25N3O. The normalized spacial score (nSPS) is 23.8. The minimum atomic E-state index is 0.154. The predicted molar refractivity (Wildman–Crippen MR) is 95.2 cm³/mol. The van der Waals surface area contributed by atoms with E-state index in [1.54, 1.807) is 0 Å². The lowest BCUT2D eigenvalue weighted by Crippen LogP contribution is -2.47. The van der Waals surface area contributed by atoms with E-state index in [2.05, 4.69) is 39.0 Å². The topological polar surface area (TPSA) is 37.3 Å². The molecule has 0 spiro atoms. The van der Waals surface area contributed by atoms with Crippen LogP contribution in [0, 0.1) is 0 Å². The number of carbonyl (C=O) groups is 1. The Kier molecular flexibility index (Phi) is 4.39. The standard InChI is InChI=1S/C20H25N3O/c24-20(21-18-10-14-23-13-2-1-5-19(18)23)15-16-6-8-17(9-7-16)22-11-3-4-12-22/h3-4,6-9,11-12,18-19H,1-2,5,10,13-15H2,(H,21,24). The number of hydrogen-bond donors (Lipinski definition) is 1. The molecule has 2 fully saturated rings. The smallest absolute Gasteiger partial charge is 0.224 e. The Morgan fingerprint density at radius 3 is 2.62 bits per heavy atom. The zero-order chi connectivity index (χ0) is 16.4. The number of hydrogen-bond acceptors (Lipinski definition) is 2. The molecule has 1 aromatic heterocycles. The third-order valence-corrected chi connectivity index (χ3v) is 5.41. The summed E-state index contributed by atoms with van der Waals surface area (Å²) in [6.45, 7) is 2.35. The number of carbonyl (C=O) groups excluding carboxylic acids is 1. The van der Waals surface area contributed by atoms with Gasteiger partial charge in [-0.1, -0.05) is 18.6 Å². The first-order chi connectivity index (χ1) is 11.8. The fourth-order valence-corrected chi connectivity index (χ4v) is 4.15. The first-order valence-corrected chi connectivity index (χ1v) is 9.05. The summed E-state index contributed by atoms with van der Waals surface area (Å²) < 4.78 is 2.07. The van der Waals surface area contributed by atoms with E-state index >= 15 is 0 Å². The van der Waals surface area contributed by atoms with Crippen LogP contribution in [0.25, 0.3) is 5.69 Å². The minimum absolute atomic E-state index is 0.154. The summed E-state index contributed by atoms with van der Waals surface area (Å²) in [5, 5.41) is 3.28. The van der Waals surface area contributed by atoms with Gasteiger partial charge in [0.2, 0.25) is 5.91 Å². The molecule has 126 valence electrons. The van der Waals surface area contributed by atoms with Crippen molar-refractivity contribution in [2.24, 2.45) is 0 Å². The maximum Gasteiger partial charge on any atom is 0.224 e. The fraction of sp³-hybridized carbons (Fsp3) is 0.450. The first-order valence-electron chi connectivity index (χ1n) is 9.05. The number of piperidine rings is 1. The largest absolute Gasteiger partial charge is 0.351 e. The fourth-order valence-electron chi connectivity index (χ4n) is 4.15. The highest BCUT2D eigenvalue weighted by Gasteiger charge is 2.36. The monoisotopic (exact) mass is 323 g/mol. The van der Waals surface area contributed by atoms with Crippen molar-refractivity contribution >= 4 is 5.91 Å². The van der Waals surface area contributed by atoms with Crippen LogP contribution < -0.4 is 5.32 Å². The molecule has 2 atom stereocenters. The van der Waals surface area contributed by atoms with Gasteiger partial charge < -0.3 is 9.88 Å². The van der Waals surface area contributed by atoms with Crippen LogP contribution in [0.1, 0.15) is 31.2 Å². The molecule has 3 heterocycles. The molecule has 0 saturated carbocycles. The van der Waals surface area contributed by atoms with Gasteiger partial charge in [0.15, 0.2) is 0 Å². The molecular weight excluding hydrogens is 298 g/mol. The summed E-state index contributed by atoms with van der Waals surface area (Å²) in [4.78, 5) is 15.0. The van der Waals surface area contributed by atoms with Crippen LogP contribution >= 0.6 is 0 Å². The third-order valence-electron chi connectivity index (χ3n) is 5.41. The van der Waals surface area contributed by atoms with Crippen molar-refractivity contribution in [2.75, 3.05) is 13.1 Å². The SMILES string of the molecule is O=C(Cc1ccc(-n2cccc2)cc1)NC1CCN2CCCCC12. The Morgan fingerprint density at radius 2 is 1.83 bits per heavy atom. The highest BCUT2D eigenvalue weighted by atomic mass is 16.1. The Labute approximate surface area is 143 Å². The summed E-state index contributed by atoms with van der Waals surface area (Å²) in [7, 11) is 0. The molecule has 2 aliphatic rings. The van der Waals surface area contributed by atoms with Gasteiger partial charge in [0.1, 0.15) is 0 Å². The second-order valence-corrected chi connectivity index (χ2v) is 7.00. The quantitative estimate of drug-likeness (QED) is 0.939. The molecule has 1 amide bonds. The molecule has 0 bridgehead atoms. The van der Waals surface area contributed by atoms with Crippen molar-refractivity contribution in [3.05, 3.63) is 54.4 Å². The summed E-state index contributed by atoms with van der Waals surface area (Å²) >= 11 is 0. The second-order valence-electron chi connectivity index (χ2n) is 7.00. The Hall–Kier alpha value is -2.07. The Morgan fingerprint density at radius 1 is 1.04 bits per heavy atom. The number of aromatic nitrogens is 1. The van der Waals surface area contributed by atoms with E-state index in [1.165, 1.54) is 25.8 Å². The van der Waals surface area contributed by atoms with E-state index in [0.29, 0.717) is 18.5 Å². The van der Waals surface area contributed by atoms with E-state index in [0.717, 1.165) is 24.2 Å². The number of nitrogens with zero attached hydrogens (tertiary/aromatic N) is 2. The van der Waals surface area contributed by atoms with Gasteiger partial charge >= 0.3 is 0 Å². The van der Waals surface area contributed by atoms with Gasteiger partial charge in [0.05, 0.1) is 6.42 Å². The van der Waals surface area contributed by atoms with Gasteiger partial charge in [-0.2, -0.15) is 0 Å². The molecule has 2 aromatic rings. The number of rotatable bonds is 4. The zero-order valence-electron chi connectivity index (χ0n) is 14.0. The van der Waals surface area contributed by atoms with Crippen LogP contribution in [0.5, 0.6) is 0 Å². The van der Waals surface area contributed by atoms with Crippen LogP contribution in [-0.4, -0.2) is 40.5 Å². The summed E-state index contributed by atoms with van der Waals surface area (Å²) in [6.07, 6.45) is 9.46. The minimum Gasteiger partial charge on any atom is -0.351 e. The highest BCUT2D eigenvalue weighted by molar-refractivity contribution is 5.79. The number of nitrogens with one attached hydrogen (secondary N) is 1. The van der Waals surface area contributed by atoms with Crippen LogP contribution in [0.2, 0.25) is 0 Å². The maximum absolute atomic E-state index is 12.4. The van der Waals surface area contributed by atoms with E-state index < -0.39 is 0 Å². The number of fused-ring (bicyclic) bond motifs is 1. The van der Waals surface area contributed by atoms with Crippen molar-refractivity contribution in [1.82, 2.24) is 14.8 Å². The van der Waals surface area contributed by atoms with Crippen molar-refractivity contribution < 1.29 is 4.79 Å². The second kappa shape index (κ2) is 6.81. The van der Waals surface area contributed by atoms with Crippen molar-refractivity contribution in [3.63, 3.8) is 0 Å². The van der Waals surface area contributed by atoms with E-state index in [-0.39, 0.29) is 5.91 Å². The van der Waals surface area contributed by atoms with Gasteiger partial charge in [-0.15, -0.1) is 0 Å². The number of amides is 1. The molecule has 1 aromatic carbocycles. The van der Waals surface area contributed by atoms with E-state index in [9.17, 15) is 4.79 Å². The lowest BCUT2D eigenvalue weighted by molar-refractivity contribution is -0.121. The van der Waals surface area contributed by atoms with Gasteiger partial charge in [-0.25, -0.2) is 0 Å². The summed E-state index contributed by atoms with van der Waals surface area (Å²) in [5.41, 5.74) is 2.19. The van der Waals surface area contributed by atoms with Crippen LogP contribution in [0.3, 0.4) is 0 Å². The molecule has 4 heteroatoms. The molecule has 2 unspecified atom stereocenters. The van der Waals surface area contributed by atoms with Gasteiger partial charge in [-0.05, 0) is 55.6 Å². The third kappa shape index (κ3) is 3.24. The average Bonchev–Trinajstić information content (AvgIpc) is 3.26. The molecule has 24 heavy (non-hydrogen) atoms. The zero-order valence-corrected chi connectivity index (χ0v) is 14.0. The molecule has 4 rings (SSSR count). The average molecular weight is 323 g/mol. The Balaban J connectivity index is 1.34. The van der Waals surface area contributed by atoms with Gasteiger partial charge in [0.25, 0.3) is 0 Å². The molecule has 1 N–H and O–H groups in total. The molecule has 0 radical (unpaired) electrons. The summed E-state index contributed by atoms with van der Waals surface area (Å²) in [5.74, 6) is 0.154. The lowest BCUT2D eigenvalue weighted by atomic mass is 9.99. The van der Waals surface area contributed by atoms with Crippen LogP contribution in [0.15, 0.2) is 48.8 Å². The van der Waals surface area contributed by atoms with E-state index in [4.69, 9.17) is 0 Å². The lowest BCUT2D eigenvalue weighted by Gasteiger charge is -2.32. The van der Waals surface area contributed by atoms with Crippen molar-refractivity contribution in [1.29, 1.82) is 0 Å². The molecule has 4 nitrogen and oxygen atoms in total. The molecule has 2 saturated heterocycles. The maximum atomic E-state index is 12.4. The van der Waals surface area contributed by atoms with Crippen LogP contribution in [0.4, 0.5) is 0 Å². The van der Waals surface area contributed by atoms with Crippen molar-refractivity contribution in [3.8, 4) is 5.69 Å². The Bertz CT molecular complexity index is 677. The predicted octanol–water partition coefficient (Wildman–Crippen LogP) is 2.76. The number of benzene rings is 1. The van der Waals surface area contributed by atoms with E-state index in [1.807, 2.05) is 24.5 Å². The first kappa shape index (κ1) is 15.5. The summed E-state index contributed by atoms with van der Waals surface area (Å²) in [6, 6.07) is 13.2. The van der Waals surface area contributed by atoms with Crippen molar-refractivity contribution in [2.45, 2.75) is 44.2 Å². The van der Waals surface area contributed by atoms with Crippen LogP contribution in [-0.2, 0) is 11.2 Å². The highest BCUT2D eigenvalue weighted by Crippen LogP contribution is 2.27. The van der Waals surface area contributed by atoms with Gasteiger partial charge in [-0.3, -0.25) is 9.69 Å². The molecule has 2 aliphatic heterocycles. The van der Waals surface area contributed by atoms with Gasteiger partial charge in [0, 0.05) is 36.7 Å². The molecule has 0 aliphatic carbocycles.